The first-order chi connectivity index (χ1) is 14.3. The highest BCUT2D eigenvalue weighted by Crippen LogP contribution is 2.33. The van der Waals surface area contributed by atoms with Crippen LogP contribution in [0.3, 0.4) is 0 Å². The Morgan fingerprint density at radius 3 is 2.33 bits per heavy atom. The second-order valence-electron chi connectivity index (χ2n) is 6.26. The van der Waals surface area contributed by atoms with E-state index in [0.717, 1.165) is 11.1 Å². The quantitative estimate of drug-likeness (QED) is 0.528. The number of carbonyl (C=O) groups excluding carboxylic acids is 4. The zero-order valence-corrected chi connectivity index (χ0v) is 17.0. The topological polar surface area (TPSA) is 120 Å². The molecule has 0 saturated heterocycles. The first-order valence-corrected chi connectivity index (χ1v) is 8.86. The molecule has 0 spiro atoms. The van der Waals surface area contributed by atoms with E-state index < -0.39 is 24.5 Å². The summed E-state index contributed by atoms with van der Waals surface area (Å²) in [6, 6.07) is 7.34. The van der Waals surface area contributed by atoms with Crippen molar-refractivity contribution in [2.45, 2.75) is 13.8 Å². The zero-order chi connectivity index (χ0) is 22.3. The number of benzene rings is 2. The van der Waals surface area contributed by atoms with Crippen LogP contribution in [0.2, 0.25) is 0 Å². The molecule has 0 heterocycles. The third-order valence-corrected chi connectivity index (χ3v) is 4.26. The van der Waals surface area contributed by atoms with Gasteiger partial charge in [-0.15, -0.1) is 0 Å². The summed E-state index contributed by atoms with van der Waals surface area (Å²) in [5.41, 5.74) is 2.37. The van der Waals surface area contributed by atoms with Gasteiger partial charge in [0, 0.05) is 11.3 Å². The van der Waals surface area contributed by atoms with Crippen molar-refractivity contribution >= 4 is 29.9 Å². The smallest absolute Gasteiger partial charge is 0.343 e. The molecular formula is C21H22N2O7. The summed E-state index contributed by atoms with van der Waals surface area (Å²) in [6.45, 7) is 3.09. The SMILES string of the molecule is COc1ccc(C=O)c(C(=O)OCC(=O)NC(=O)Nc2ccc(C)c(C)c2)c1OC. The van der Waals surface area contributed by atoms with Crippen LogP contribution < -0.4 is 20.1 Å². The molecule has 0 atom stereocenters. The maximum atomic E-state index is 12.4. The Hall–Kier alpha value is -3.88. The molecule has 0 aliphatic carbocycles. The molecule has 2 aromatic carbocycles. The third kappa shape index (κ3) is 5.34. The molecule has 2 aromatic rings. The second kappa shape index (κ2) is 10.1. The van der Waals surface area contributed by atoms with Gasteiger partial charge in [-0.05, 0) is 49.2 Å². The number of nitrogens with one attached hydrogen (secondary N) is 2. The molecule has 30 heavy (non-hydrogen) atoms. The number of aldehydes is 1. The molecule has 2 rings (SSSR count). The van der Waals surface area contributed by atoms with Crippen LogP contribution in [0.25, 0.3) is 0 Å². The predicted molar refractivity (Wildman–Crippen MR) is 108 cm³/mol. The van der Waals surface area contributed by atoms with Crippen LogP contribution in [0.4, 0.5) is 10.5 Å². The minimum Gasteiger partial charge on any atom is -0.493 e. The monoisotopic (exact) mass is 414 g/mol. The molecule has 3 amide bonds. The number of esters is 1. The normalized spacial score (nSPS) is 10.0. The molecule has 9 heteroatoms. The van der Waals surface area contributed by atoms with Crippen LogP contribution in [0.15, 0.2) is 30.3 Å². The average Bonchev–Trinajstić information content (AvgIpc) is 2.73. The van der Waals surface area contributed by atoms with E-state index in [-0.39, 0.29) is 22.6 Å². The van der Waals surface area contributed by atoms with Gasteiger partial charge >= 0.3 is 12.0 Å². The first kappa shape index (κ1) is 22.4. The molecular weight excluding hydrogens is 392 g/mol. The van der Waals surface area contributed by atoms with E-state index in [1.54, 1.807) is 12.1 Å². The van der Waals surface area contributed by atoms with Gasteiger partial charge < -0.3 is 19.5 Å². The minimum absolute atomic E-state index is 0.00000733. The summed E-state index contributed by atoms with van der Waals surface area (Å²) in [4.78, 5) is 47.6. The van der Waals surface area contributed by atoms with Gasteiger partial charge in [0.05, 0.1) is 14.2 Å². The molecule has 0 bridgehead atoms. The summed E-state index contributed by atoms with van der Waals surface area (Å²) in [6.07, 6.45) is 0.454. The van der Waals surface area contributed by atoms with Crippen molar-refractivity contribution in [1.82, 2.24) is 5.32 Å². The third-order valence-electron chi connectivity index (χ3n) is 4.26. The summed E-state index contributed by atoms with van der Waals surface area (Å²) in [5.74, 6) is -1.61. The lowest BCUT2D eigenvalue weighted by Crippen LogP contribution is -2.37. The standard InChI is InChI=1S/C21H22N2O7/c1-12-5-7-15(9-13(12)2)22-21(27)23-17(25)11-30-20(26)18-14(10-24)6-8-16(28-3)19(18)29-4/h5-10H,11H2,1-4H3,(H2,22,23,25,27). The van der Waals surface area contributed by atoms with Crippen molar-refractivity contribution in [3.8, 4) is 11.5 Å². The van der Waals surface area contributed by atoms with Crippen LogP contribution >= 0.6 is 0 Å². The molecule has 2 N–H and O–H groups in total. The van der Waals surface area contributed by atoms with Gasteiger partial charge in [0.2, 0.25) is 0 Å². The summed E-state index contributed by atoms with van der Waals surface area (Å²) in [5, 5.41) is 4.57. The Labute approximate surface area is 173 Å². The number of methoxy groups -OCH3 is 2. The largest absolute Gasteiger partial charge is 0.493 e. The average molecular weight is 414 g/mol. The van der Waals surface area contributed by atoms with Crippen LogP contribution in [0.1, 0.15) is 31.8 Å². The Balaban J connectivity index is 2.00. The van der Waals surface area contributed by atoms with Crippen LogP contribution in [0.5, 0.6) is 11.5 Å². The molecule has 0 fully saturated rings. The number of carbonyl (C=O) groups is 4. The highest BCUT2D eigenvalue weighted by atomic mass is 16.5. The molecule has 0 aliphatic rings. The number of ether oxygens (including phenoxy) is 3. The van der Waals surface area contributed by atoms with Gasteiger partial charge in [-0.2, -0.15) is 0 Å². The Kier molecular flexibility index (Phi) is 7.51. The fourth-order valence-corrected chi connectivity index (χ4v) is 2.60. The van der Waals surface area contributed by atoms with Crippen molar-refractivity contribution < 1.29 is 33.4 Å². The molecule has 0 unspecified atom stereocenters. The van der Waals surface area contributed by atoms with Crippen molar-refractivity contribution in [2.24, 2.45) is 0 Å². The van der Waals surface area contributed by atoms with Crippen LogP contribution in [0, 0.1) is 13.8 Å². The van der Waals surface area contributed by atoms with Crippen LogP contribution in [-0.2, 0) is 9.53 Å². The van der Waals surface area contributed by atoms with Crippen LogP contribution in [-0.4, -0.2) is 45.0 Å². The van der Waals surface area contributed by atoms with E-state index >= 15 is 0 Å². The predicted octanol–water partition coefficient (Wildman–Crippen LogP) is 2.64. The number of amides is 3. The van der Waals surface area contributed by atoms with Crippen molar-refractivity contribution in [1.29, 1.82) is 0 Å². The van der Waals surface area contributed by atoms with E-state index in [0.29, 0.717) is 12.0 Å². The number of rotatable bonds is 7. The number of urea groups is 1. The van der Waals surface area contributed by atoms with Gasteiger partial charge in [0.25, 0.3) is 5.91 Å². The lowest BCUT2D eigenvalue weighted by molar-refractivity contribution is -0.123. The van der Waals surface area contributed by atoms with Gasteiger partial charge in [-0.3, -0.25) is 14.9 Å². The van der Waals surface area contributed by atoms with Gasteiger partial charge in [0.1, 0.15) is 5.56 Å². The van der Waals surface area contributed by atoms with Crippen molar-refractivity contribution in [2.75, 3.05) is 26.1 Å². The fraction of sp³-hybridized carbons (Fsp3) is 0.238. The number of hydrogen-bond donors (Lipinski definition) is 2. The fourth-order valence-electron chi connectivity index (χ4n) is 2.60. The molecule has 0 aliphatic heterocycles. The zero-order valence-electron chi connectivity index (χ0n) is 17.0. The van der Waals surface area contributed by atoms with E-state index in [9.17, 15) is 19.2 Å². The summed E-state index contributed by atoms with van der Waals surface area (Å²) < 4.78 is 15.2. The Morgan fingerprint density at radius 1 is 1.00 bits per heavy atom. The maximum Gasteiger partial charge on any atom is 0.343 e. The van der Waals surface area contributed by atoms with Crippen molar-refractivity contribution in [3.05, 3.63) is 52.6 Å². The molecule has 9 nitrogen and oxygen atoms in total. The van der Waals surface area contributed by atoms with Crippen molar-refractivity contribution in [3.63, 3.8) is 0 Å². The molecule has 0 saturated carbocycles. The lowest BCUT2D eigenvalue weighted by Gasteiger charge is -2.14. The molecule has 158 valence electrons. The Bertz CT molecular complexity index is 986. The van der Waals surface area contributed by atoms with E-state index in [1.807, 2.05) is 19.9 Å². The molecule has 0 radical (unpaired) electrons. The number of hydrogen-bond acceptors (Lipinski definition) is 7. The summed E-state index contributed by atoms with van der Waals surface area (Å²) >= 11 is 0. The minimum atomic E-state index is -0.974. The highest BCUT2D eigenvalue weighted by Gasteiger charge is 2.23. The second-order valence-corrected chi connectivity index (χ2v) is 6.26. The van der Waals surface area contributed by atoms with Gasteiger partial charge in [0.15, 0.2) is 24.4 Å². The van der Waals surface area contributed by atoms with Gasteiger partial charge in [-0.25, -0.2) is 9.59 Å². The van der Waals surface area contributed by atoms with E-state index in [4.69, 9.17) is 14.2 Å². The summed E-state index contributed by atoms with van der Waals surface area (Å²) in [7, 11) is 2.67. The molecule has 0 aromatic heterocycles. The number of anilines is 1. The maximum absolute atomic E-state index is 12.4. The lowest BCUT2D eigenvalue weighted by atomic mass is 10.1. The first-order valence-electron chi connectivity index (χ1n) is 8.86. The van der Waals surface area contributed by atoms with Gasteiger partial charge in [-0.1, -0.05) is 6.07 Å². The Morgan fingerprint density at radius 2 is 1.73 bits per heavy atom. The highest BCUT2D eigenvalue weighted by molar-refractivity contribution is 6.04. The van der Waals surface area contributed by atoms with E-state index in [2.05, 4.69) is 10.6 Å². The number of imide groups is 1. The van der Waals surface area contributed by atoms with E-state index in [1.165, 1.54) is 26.4 Å². The number of aryl methyl sites for hydroxylation is 2.